The minimum Gasteiger partial charge on any atom is -0.354 e. The Morgan fingerprint density at radius 2 is 2.14 bits per heavy atom. The van der Waals surface area contributed by atoms with Crippen molar-refractivity contribution in [1.29, 1.82) is 0 Å². The molecule has 1 aromatic heterocycles. The zero-order valence-corrected chi connectivity index (χ0v) is 14.3. The van der Waals surface area contributed by atoms with E-state index in [1.165, 1.54) is 11.8 Å². The van der Waals surface area contributed by atoms with Gasteiger partial charge in [0.25, 0.3) is 0 Å². The van der Waals surface area contributed by atoms with Gasteiger partial charge in [0.15, 0.2) is 0 Å². The standard InChI is InChI=1S/C16H23N3O2S/c1-10(2)9-19-12-6-5-7-17-15(12)22-13(16(19)21)8-14(20)18-11(3)4/h5-7,10-11,13H,8-9H2,1-4H3,(H,18,20)/t13-/m1/s1. The van der Waals surface area contributed by atoms with E-state index in [2.05, 4.69) is 24.1 Å². The van der Waals surface area contributed by atoms with Gasteiger partial charge in [-0.2, -0.15) is 0 Å². The SMILES string of the molecule is CC(C)CN1C(=O)[C@@H](CC(=O)NC(C)C)Sc2ncccc21. The van der Waals surface area contributed by atoms with Crippen molar-refractivity contribution in [3.8, 4) is 0 Å². The quantitative estimate of drug-likeness (QED) is 0.905. The van der Waals surface area contributed by atoms with Gasteiger partial charge in [0.05, 0.1) is 10.9 Å². The molecule has 2 heterocycles. The topological polar surface area (TPSA) is 62.3 Å². The molecular formula is C16H23N3O2S. The lowest BCUT2D eigenvalue weighted by molar-refractivity contribution is -0.125. The van der Waals surface area contributed by atoms with Crippen LogP contribution in [0.5, 0.6) is 0 Å². The molecule has 0 aliphatic carbocycles. The number of pyridine rings is 1. The zero-order valence-electron chi connectivity index (χ0n) is 13.5. The maximum atomic E-state index is 12.7. The highest BCUT2D eigenvalue weighted by Crippen LogP contribution is 2.38. The molecule has 6 heteroatoms. The lowest BCUT2D eigenvalue weighted by Gasteiger charge is -2.33. The molecule has 0 spiro atoms. The third-order valence-electron chi connectivity index (χ3n) is 3.21. The number of amides is 2. The largest absolute Gasteiger partial charge is 0.354 e. The molecule has 0 aromatic carbocycles. The van der Waals surface area contributed by atoms with Crippen molar-refractivity contribution in [3.63, 3.8) is 0 Å². The summed E-state index contributed by atoms with van der Waals surface area (Å²) in [6, 6.07) is 3.83. The van der Waals surface area contributed by atoms with Crippen LogP contribution in [-0.4, -0.2) is 34.6 Å². The van der Waals surface area contributed by atoms with Gasteiger partial charge >= 0.3 is 0 Å². The van der Waals surface area contributed by atoms with Crippen molar-refractivity contribution >= 4 is 29.3 Å². The number of rotatable bonds is 5. The maximum Gasteiger partial charge on any atom is 0.241 e. The number of thioether (sulfide) groups is 1. The Labute approximate surface area is 135 Å². The molecule has 2 amide bonds. The summed E-state index contributed by atoms with van der Waals surface area (Å²) < 4.78 is 0. The van der Waals surface area contributed by atoms with Crippen LogP contribution in [0.4, 0.5) is 5.69 Å². The summed E-state index contributed by atoms with van der Waals surface area (Å²) in [6.07, 6.45) is 1.91. The molecule has 0 saturated heterocycles. The van der Waals surface area contributed by atoms with Gasteiger partial charge in [-0.3, -0.25) is 9.59 Å². The predicted molar refractivity (Wildman–Crippen MR) is 89.0 cm³/mol. The number of aromatic nitrogens is 1. The van der Waals surface area contributed by atoms with E-state index in [0.717, 1.165) is 10.7 Å². The fraction of sp³-hybridized carbons (Fsp3) is 0.562. The average molecular weight is 321 g/mol. The highest BCUT2D eigenvalue weighted by Gasteiger charge is 2.35. The third-order valence-corrected chi connectivity index (χ3v) is 4.40. The second kappa shape index (κ2) is 7.13. The van der Waals surface area contributed by atoms with E-state index in [9.17, 15) is 9.59 Å². The fourth-order valence-corrected chi connectivity index (χ4v) is 3.54. The van der Waals surface area contributed by atoms with Gasteiger partial charge < -0.3 is 10.2 Å². The summed E-state index contributed by atoms with van der Waals surface area (Å²) >= 11 is 1.39. The summed E-state index contributed by atoms with van der Waals surface area (Å²) in [5.41, 5.74) is 0.853. The Balaban J connectivity index is 2.21. The first kappa shape index (κ1) is 16.8. The van der Waals surface area contributed by atoms with E-state index in [1.54, 1.807) is 11.1 Å². The molecule has 2 rings (SSSR count). The Hall–Kier alpha value is -1.56. The van der Waals surface area contributed by atoms with Crippen LogP contribution in [0.3, 0.4) is 0 Å². The molecule has 0 fully saturated rings. The Bertz CT molecular complexity index is 560. The Kier molecular flexibility index (Phi) is 5.45. The summed E-state index contributed by atoms with van der Waals surface area (Å²) in [7, 11) is 0. The van der Waals surface area contributed by atoms with Gasteiger partial charge in [0, 0.05) is 25.2 Å². The summed E-state index contributed by atoms with van der Waals surface area (Å²) in [6.45, 7) is 8.61. The average Bonchev–Trinajstić information content (AvgIpc) is 2.42. The molecule has 0 unspecified atom stereocenters. The van der Waals surface area contributed by atoms with E-state index in [0.29, 0.717) is 12.5 Å². The Morgan fingerprint density at radius 3 is 2.77 bits per heavy atom. The minimum atomic E-state index is -0.403. The van der Waals surface area contributed by atoms with Crippen LogP contribution in [0.2, 0.25) is 0 Å². The van der Waals surface area contributed by atoms with Crippen molar-refractivity contribution in [2.24, 2.45) is 5.92 Å². The van der Waals surface area contributed by atoms with Gasteiger partial charge in [-0.25, -0.2) is 4.98 Å². The van der Waals surface area contributed by atoms with E-state index in [-0.39, 0.29) is 24.3 Å². The van der Waals surface area contributed by atoms with Crippen LogP contribution in [0, 0.1) is 5.92 Å². The summed E-state index contributed by atoms with van der Waals surface area (Å²) in [5.74, 6) is 0.257. The molecule has 5 nitrogen and oxygen atoms in total. The van der Waals surface area contributed by atoms with E-state index in [1.807, 2.05) is 26.0 Å². The van der Waals surface area contributed by atoms with Crippen molar-refractivity contribution in [2.45, 2.75) is 50.4 Å². The molecule has 0 radical (unpaired) electrons. The smallest absolute Gasteiger partial charge is 0.241 e. The van der Waals surface area contributed by atoms with Crippen LogP contribution in [-0.2, 0) is 9.59 Å². The van der Waals surface area contributed by atoms with Crippen molar-refractivity contribution in [2.75, 3.05) is 11.4 Å². The molecular weight excluding hydrogens is 298 g/mol. The fourth-order valence-electron chi connectivity index (χ4n) is 2.39. The Morgan fingerprint density at radius 1 is 1.41 bits per heavy atom. The lowest BCUT2D eigenvalue weighted by atomic mass is 10.1. The molecule has 1 N–H and O–H groups in total. The zero-order chi connectivity index (χ0) is 16.3. The van der Waals surface area contributed by atoms with Crippen molar-refractivity contribution < 1.29 is 9.59 Å². The van der Waals surface area contributed by atoms with Gasteiger partial charge in [-0.05, 0) is 31.9 Å². The van der Waals surface area contributed by atoms with Crippen LogP contribution < -0.4 is 10.2 Å². The monoisotopic (exact) mass is 321 g/mol. The van der Waals surface area contributed by atoms with Gasteiger partial charge in [-0.15, -0.1) is 0 Å². The molecule has 1 aliphatic heterocycles. The first-order valence-corrected chi connectivity index (χ1v) is 8.49. The molecule has 1 atom stereocenters. The molecule has 22 heavy (non-hydrogen) atoms. The predicted octanol–water partition coefficient (Wildman–Crippen LogP) is 2.46. The molecule has 0 bridgehead atoms. The molecule has 1 aliphatic rings. The number of carbonyl (C=O) groups is 2. The van der Waals surface area contributed by atoms with Crippen LogP contribution in [0.15, 0.2) is 23.4 Å². The van der Waals surface area contributed by atoms with Crippen LogP contribution >= 0.6 is 11.8 Å². The molecule has 1 aromatic rings. The number of anilines is 1. The number of fused-ring (bicyclic) bond motifs is 1. The third kappa shape index (κ3) is 4.00. The molecule has 120 valence electrons. The van der Waals surface area contributed by atoms with E-state index < -0.39 is 5.25 Å². The normalized spacial score (nSPS) is 17.8. The highest BCUT2D eigenvalue weighted by atomic mass is 32.2. The first-order valence-electron chi connectivity index (χ1n) is 7.61. The number of hydrogen-bond acceptors (Lipinski definition) is 4. The second-order valence-corrected chi connectivity index (χ2v) is 7.39. The lowest BCUT2D eigenvalue weighted by Crippen LogP contribution is -2.45. The summed E-state index contributed by atoms with van der Waals surface area (Å²) in [4.78, 5) is 30.9. The van der Waals surface area contributed by atoms with Crippen LogP contribution in [0.25, 0.3) is 0 Å². The number of hydrogen-bond donors (Lipinski definition) is 1. The van der Waals surface area contributed by atoms with Gasteiger partial charge in [0.1, 0.15) is 5.03 Å². The van der Waals surface area contributed by atoms with E-state index >= 15 is 0 Å². The van der Waals surface area contributed by atoms with Crippen LogP contribution in [0.1, 0.15) is 34.1 Å². The van der Waals surface area contributed by atoms with Crippen molar-refractivity contribution in [1.82, 2.24) is 10.3 Å². The highest BCUT2D eigenvalue weighted by molar-refractivity contribution is 8.00. The maximum absolute atomic E-state index is 12.7. The minimum absolute atomic E-state index is 0.00175. The number of carbonyl (C=O) groups excluding carboxylic acids is 2. The second-order valence-electron chi connectivity index (χ2n) is 6.20. The summed E-state index contributed by atoms with van der Waals surface area (Å²) in [5, 5.41) is 3.27. The van der Waals surface area contributed by atoms with E-state index in [4.69, 9.17) is 0 Å². The number of nitrogens with zero attached hydrogens (tertiary/aromatic N) is 2. The first-order chi connectivity index (χ1) is 10.4. The van der Waals surface area contributed by atoms with Gasteiger partial charge in [0.2, 0.25) is 11.8 Å². The molecule has 0 saturated carbocycles. The van der Waals surface area contributed by atoms with Gasteiger partial charge in [-0.1, -0.05) is 25.6 Å². The number of nitrogens with one attached hydrogen (secondary N) is 1. The van der Waals surface area contributed by atoms with Crippen molar-refractivity contribution in [3.05, 3.63) is 18.3 Å².